The number of aromatic nitrogens is 2. The van der Waals surface area contributed by atoms with Crippen LogP contribution in [0.4, 0.5) is 0 Å². The van der Waals surface area contributed by atoms with E-state index in [0.717, 1.165) is 43.8 Å². The molecule has 1 aliphatic heterocycles. The van der Waals surface area contributed by atoms with E-state index >= 15 is 0 Å². The zero-order valence-electron chi connectivity index (χ0n) is 15.8. The van der Waals surface area contributed by atoms with E-state index in [1.165, 1.54) is 5.56 Å². The van der Waals surface area contributed by atoms with Gasteiger partial charge >= 0.3 is 0 Å². The lowest BCUT2D eigenvalue weighted by atomic mass is 10.0. The lowest BCUT2D eigenvalue weighted by molar-refractivity contribution is 0.199. The molecule has 28 heavy (non-hydrogen) atoms. The molecule has 1 aliphatic rings. The predicted octanol–water partition coefficient (Wildman–Crippen LogP) is 3.06. The second-order valence-corrected chi connectivity index (χ2v) is 7.66. The molecule has 1 fully saturated rings. The molecule has 0 radical (unpaired) electrons. The Kier molecular flexibility index (Phi) is 5.78. The summed E-state index contributed by atoms with van der Waals surface area (Å²) in [5, 5.41) is 4.04. The van der Waals surface area contributed by atoms with Gasteiger partial charge in [0.1, 0.15) is 5.65 Å². The van der Waals surface area contributed by atoms with Crippen LogP contribution in [0.1, 0.15) is 24.1 Å². The predicted molar refractivity (Wildman–Crippen MR) is 113 cm³/mol. The van der Waals surface area contributed by atoms with Crippen molar-refractivity contribution in [3.05, 3.63) is 71.1 Å². The number of piperidine rings is 1. The van der Waals surface area contributed by atoms with E-state index < -0.39 is 0 Å². The normalized spacial score (nSPS) is 16.5. The summed E-state index contributed by atoms with van der Waals surface area (Å²) in [6.45, 7) is 3.58. The van der Waals surface area contributed by atoms with E-state index in [4.69, 9.17) is 17.3 Å². The van der Waals surface area contributed by atoms with Crippen LogP contribution >= 0.6 is 11.6 Å². The van der Waals surface area contributed by atoms with Crippen LogP contribution in [0.5, 0.6) is 0 Å². The van der Waals surface area contributed by atoms with Crippen molar-refractivity contribution in [1.82, 2.24) is 19.6 Å². The molecule has 0 aliphatic carbocycles. The van der Waals surface area contributed by atoms with Crippen LogP contribution < -0.4 is 11.1 Å². The summed E-state index contributed by atoms with van der Waals surface area (Å²) in [5.41, 5.74) is 9.18. The van der Waals surface area contributed by atoms with Crippen LogP contribution in [0.25, 0.3) is 5.65 Å². The topological polar surface area (TPSA) is 70.9 Å². The lowest BCUT2D eigenvalue weighted by Crippen LogP contribution is -2.46. The highest BCUT2D eigenvalue weighted by Crippen LogP contribution is 2.14. The van der Waals surface area contributed by atoms with E-state index in [0.29, 0.717) is 23.6 Å². The molecule has 0 atom stereocenters. The van der Waals surface area contributed by atoms with E-state index in [1.54, 1.807) is 0 Å². The highest BCUT2D eigenvalue weighted by atomic mass is 35.5. The van der Waals surface area contributed by atoms with Crippen LogP contribution in [-0.4, -0.2) is 39.4 Å². The van der Waals surface area contributed by atoms with Gasteiger partial charge in [-0.3, -0.25) is 4.90 Å². The first-order valence-corrected chi connectivity index (χ1v) is 9.99. The molecule has 3 heterocycles. The average Bonchev–Trinajstić information content (AvgIpc) is 3.11. The van der Waals surface area contributed by atoms with Gasteiger partial charge in [0, 0.05) is 38.1 Å². The van der Waals surface area contributed by atoms with Crippen LogP contribution in [0.3, 0.4) is 0 Å². The molecule has 1 saturated heterocycles. The Labute approximate surface area is 170 Å². The molecule has 4 rings (SSSR count). The number of likely N-dealkylation sites (tertiary alicyclic amines) is 1. The third-order valence-electron chi connectivity index (χ3n) is 5.06. The third-order valence-corrected chi connectivity index (χ3v) is 5.29. The summed E-state index contributed by atoms with van der Waals surface area (Å²) in [4.78, 5) is 11.5. The number of nitrogens with one attached hydrogen (secondary N) is 1. The number of nitrogens with zero attached hydrogens (tertiary/aromatic N) is 4. The fourth-order valence-electron chi connectivity index (χ4n) is 3.59. The van der Waals surface area contributed by atoms with E-state index in [-0.39, 0.29) is 0 Å². The Bertz CT molecular complexity index is 944. The summed E-state index contributed by atoms with van der Waals surface area (Å²) in [6.07, 6.45) is 5.90. The fraction of sp³-hybridized carbons (Fsp3) is 0.333. The summed E-state index contributed by atoms with van der Waals surface area (Å²) in [5.74, 6) is 0.483. The monoisotopic (exact) mass is 396 g/mol. The largest absolute Gasteiger partial charge is 0.370 e. The molecule has 3 N–H and O–H groups in total. The van der Waals surface area contributed by atoms with Gasteiger partial charge in [0.25, 0.3) is 0 Å². The number of fused-ring (bicyclic) bond motifs is 1. The molecule has 1 aromatic carbocycles. The SMILES string of the molecule is NC(=NCc1cn2cc(Cl)ccc2n1)NC1CCN(Cc2ccccc2)CC1. The number of halogens is 1. The van der Waals surface area contributed by atoms with Crippen molar-refractivity contribution in [2.45, 2.75) is 32.0 Å². The molecule has 7 heteroatoms. The third kappa shape index (κ3) is 4.82. The summed E-state index contributed by atoms with van der Waals surface area (Å²) >= 11 is 6.01. The van der Waals surface area contributed by atoms with Gasteiger partial charge in [-0.15, -0.1) is 0 Å². The lowest BCUT2D eigenvalue weighted by Gasteiger charge is -2.32. The quantitative estimate of drug-likeness (QED) is 0.513. The van der Waals surface area contributed by atoms with Gasteiger partial charge in [0.2, 0.25) is 0 Å². The number of benzene rings is 1. The minimum Gasteiger partial charge on any atom is -0.370 e. The summed E-state index contributed by atoms with van der Waals surface area (Å²) in [7, 11) is 0. The van der Waals surface area contributed by atoms with E-state index in [1.807, 2.05) is 28.9 Å². The van der Waals surface area contributed by atoms with Crippen molar-refractivity contribution in [2.24, 2.45) is 10.7 Å². The standard InChI is InChI=1S/C21H25ClN6/c22-17-6-7-20-25-19(15-28(20)14-17)12-24-21(23)26-18-8-10-27(11-9-18)13-16-4-2-1-3-5-16/h1-7,14-15,18H,8-13H2,(H3,23,24,26). The highest BCUT2D eigenvalue weighted by molar-refractivity contribution is 6.30. The van der Waals surface area contributed by atoms with Crippen LogP contribution in [-0.2, 0) is 13.1 Å². The minimum atomic E-state index is 0.371. The van der Waals surface area contributed by atoms with Crippen LogP contribution in [0.15, 0.2) is 59.9 Å². The molecule has 0 bridgehead atoms. The first-order chi connectivity index (χ1) is 13.7. The molecule has 0 unspecified atom stereocenters. The van der Waals surface area contributed by atoms with Crippen molar-refractivity contribution >= 4 is 23.2 Å². The van der Waals surface area contributed by atoms with Gasteiger partial charge in [0.15, 0.2) is 5.96 Å². The molecular formula is C21H25ClN6. The molecule has 0 saturated carbocycles. The first-order valence-electron chi connectivity index (χ1n) is 9.61. The number of aliphatic imine (C=N–C) groups is 1. The van der Waals surface area contributed by atoms with Crippen molar-refractivity contribution in [3.8, 4) is 0 Å². The summed E-state index contributed by atoms with van der Waals surface area (Å²) < 4.78 is 1.90. The van der Waals surface area contributed by atoms with Crippen LogP contribution in [0.2, 0.25) is 5.02 Å². The van der Waals surface area contributed by atoms with Gasteiger partial charge in [-0.05, 0) is 30.5 Å². The molecule has 6 nitrogen and oxygen atoms in total. The number of hydrogen-bond acceptors (Lipinski definition) is 3. The summed E-state index contributed by atoms with van der Waals surface area (Å²) in [6, 6.07) is 14.7. The molecule has 0 spiro atoms. The Morgan fingerprint density at radius 2 is 1.93 bits per heavy atom. The fourth-order valence-corrected chi connectivity index (χ4v) is 3.76. The maximum atomic E-state index is 6.10. The van der Waals surface area contributed by atoms with Gasteiger partial charge in [-0.1, -0.05) is 41.9 Å². The van der Waals surface area contributed by atoms with Gasteiger partial charge < -0.3 is 15.5 Å². The number of nitrogens with two attached hydrogens (primary N) is 1. The zero-order chi connectivity index (χ0) is 19.3. The highest BCUT2D eigenvalue weighted by Gasteiger charge is 2.19. The first kappa shape index (κ1) is 18.8. The minimum absolute atomic E-state index is 0.371. The Hall–Kier alpha value is -2.57. The van der Waals surface area contributed by atoms with Crippen molar-refractivity contribution in [3.63, 3.8) is 0 Å². The van der Waals surface area contributed by atoms with Crippen molar-refractivity contribution in [1.29, 1.82) is 0 Å². The second kappa shape index (κ2) is 8.63. The number of imidazole rings is 1. The van der Waals surface area contributed by atoms with Crippen LogP contribution in [0, 0.1) is 0 Å². The maximum absolute atomic E-state index is 6.10. The molecule has 146 valence electrons. The maximum Gasteiger partial charge on any atom is 0.189 e. The van der Waals surface area contributed by atoms with Crippen molar-refractivity contribution < 1.29 is 0 Å². The number of pyridine rings is 1. The van der Waals surface area contributed by atoms with E-state index in [2.05, 4.69) is 50.5 Å². The molecular weight excluding hydrogens is 372 g/mol. The van der Waals surface area contributed by atoms with Gasteiger partial charge in [-0.2, -0.15) is 0 Å². The molecule has 3 aromatic rings. The molecule has 2 aromatic heterocycles. The van der Waals surface area contributed by atoms with Gasteiger partial charge in [-0.25, -0.2) is 9.98 Å². The zero-order valence-corrected chi connectivity index (χ0v) is 16.5. The number of rotatable bonds is 5. The van der Waals surface area contributed by atoms with Gasteiger partial charge in [0.05, 0.1) is 17.3 Å². The second-order valence-electron chi connectivity index (χ2n) is 7.23. The van der Waals surface area contributed by atoms with E-state index in [9.17, 15) is 0 Å². The average molecular weight is 397 g/mol. The molecule has 0 amide bonds. The number of guanidine groups is 1. The number of hydrogen-bond donors (Lipinski definition) is 2. The Balaban J connectivity index is 1.26. The van der Waals surface area contributed by atoms with Crippen molar-refractivity contribution in [2.75, 3.05) is 13.1 Å². The smallest absolute Gasteiger partial charge is 0.189 e. The Morgan fingerprint density at radius 1 is 1.14 bits per heavy atom. The Morgan fingerprint density at radius 3 is 2.71 bits per heavy atom.